The van der Waals surface area contributed by atoms with Gasteiger partial charge in [0.2, 0.25) is 5.91 Å². The first-order valence-corrected chi connectivity index (χ1v) is 12.5. The van der Waals surface area contributed by atoms with Crippen molar-refractivity contribution >= 4 is 16.8 Å². The molecular formula is C28H36N4O. The van der Waals surface area contributed by atoms with Gasteiger partial charge in [0.05, 0.1) is 6.54 Å². The van der Waals surface area contributed by atoms with Crippen LogP contribution in [0.5, 0.6) is 0 Å². The smallest absolute Gasteiger partial charge is 0.236 e. The summed E-state index contributed by atoms with van der Waals surface area (Å²) in [7, 11) is 0. The van der Waals surface area contributed by atoms with E-state index in [0.717, 1.165) is 45.7 Å². The van der Waals surface area contributed by atoms with Crippen LogP contribution in [0.1, 0.15) is 37.8 Å². The van der Waals surface area contributed by atoms with Crippen LogP contribution in [0.15, 0.2) is 48.7 Å². The zero-order valence-corrected chi connectivity index (χ0v) is 20.0. The summed E-state index contributed by atoms with van der Waals surface area (Å²) in [5.74, 6) is 0.289. The lowest BCUT2D eigenvalue weighted by Gasteiger charge is -2.39. The third-order valence-electron chi connectivity index (χ3n) is 7.56. The molecule has 5 rings (SSSR count). The number of benzene rings is 2. The molecule has 1 atom stereocenters. The van der Waals surface area contributed by atoms with Crippen molar-refractivity contribution in [3.63, 3.8) is 0 Å². The van der Waals surface area contributed by atoms with Crippen LogP contribution in [0.25, 0.3) is 22.0 Å². The van der Waals surface area contributed by atoms with Crippen LogP contribution in [-0.2, 0) is 17.8 Å². The van der Waals surface area contributed by atoms with Crippen LogP contribution >= 0.6 is 0 Å². The summed E-state index contributed by atoms with van der Waals surface area (Å²) in [5.41, 5.74) is 6.51. The van der Waals surface area contributed by atoms with Crippen LogP contribution in [0.2, 0.25) is 0 Å². The highest BCUT2D eigenvalue weighted by molar-refractivity contribution is 5.95. The molecule has 1 unspecified atom stereocenters. The predicted molar refractivity (Wildman–Crippen MR) is 135 cm³/mol. The number of rotatable bonds is 6. The average molecular weight is 445 g/mol. The Labute approximate surface area is 197 Å². The van der Waals surface area contributed by atoms with Crippen molar-refractivity contribution in [2.24, 2.45) is 0 Å². The van der Waals surface area contributed by atoms with E-state index in [9.17, 15) is 4.79 Å². The molecule has 3 aromatic rings. The molecule has 1 fully saturated rings. The van der Waals surface area contributed by atoms with Crippen molar-refractivity contribution in [2.75, 3.05) is 39.3 Å². The zero-order chi connectivity index (χ0) is 22.8. The number of carbonyl (C=O) groups is 1. The number of fused-ring (bicyclic) bond motifs is 2. The molecule has 1 saturated heterocycles. The van der Waals surface area contributed by atoms with Gasteiger partial charge in [0.25, 0.3) is 0 Å². The van der Waals surface area contributed by atoms with Crippen LogP contribution in [0, 0.1) is 0 Å². The fourth-order valence-corrected chi connectivity index (χ4v) is 5.55. The Kier molecular flexibility index (Phi) is 6.52. The molecule has 174 valence electrons. The van der Waals surface area contributed by atoms with Gasteiger partial charge in [-0.3, -0.25) is 14.6 Å². The van der Waals surface area contributed by atoms with Crippen molar-refractivity contribution in [1.29, 1.82) is 0 Å². The summed E-state index contributed by atoms with van der Waals surface area (Å²) in [6.45, 7) is 10.7. The van der Waals surface area contributed by atoms with Crippen LogP contribution in [0.4, 0.5) is 0 Å². The Bertz CT molecular complexity index is 1110. The Morgan fingerprint density at radius 2 is 1.88 bits per heavy atom. The minimum Gasteiger partial charge on any atom is -0.361 e. The number of hydrogen-bond donors (Lipinski definition) is 1. The number of carbonyl (C=O) groups excluding carboxylic acids is 1. The molecule has 5 heteroatoms. The van der Waals surface area contributed by atoms with E-state index >= 15 is 0 Å². The summed E-state index contributed by atoms with van der Waals surface area (Å²) in [4.78, 5) is 23.2. The largest absolute Gasteiger partial charge is 0.361 e. The van der Waals surface area contributed by atoms with E-state index in [4.69, 9.17) is 0 Å². The average Bonchev–Trinajstić information content (AvgIpc) is 3.33. The number of nitrogens with zero attached hydrogens (tertiary/aromatic N) is 3. The molecular weight excluding hydrogens is 408 g/mol. The molecule has 0 aliphatic carbocycles. The standard InChI is InChI=1S/C28H36N4O/c1-3-5-21(2)31-14-16-32(17-15-31)28(33)20-30-13-11-22-18-23(8-9-24(22)19-30)25-6-4-7-27-26(25)10-12-29-27/h4,6-10,12,18,21,29H,3,5,11,13-17,19-20H2,1-2H3. The Morgan fingerprint density at radius 1 is 1.03 bits per heavy atom. The lowest BCUT2D eigenvalue weighted by atomic mass is 9.93. The van der Waals surface area contributed by atoms with Crippen LogP contribution < -0.4 is 0 Å². The molecule has 33 heavy (non-hydrogen) atoms. The quantitative estimate of drug-likeness (QED) is 0.608. The second-order valence-corrected chi connectivity index (χ2v) is 9.74. The monoisotopic (exact) mass is 444 g/mol. The number of aromatic amines is 1. The van der Waals surface area contributed by atoms with E-state index in [1.165, 1.54) is 46.0 Å². The molecule has 0 radical (unpaired) electrons. The van der Waals surface area contributed by atoms with Crippen molar-refractivity contribution in [3.8, 4) is 11.1 Å². The van der Waals surface area contributed by atoms with Crippen LogP contribution in [-0.4, -0.2) is 70.9 Å². The molecule has 5 nitrogen and oxygen atoms in total. The highest BCUT2D eigenvalue weighted by Crippen LogP contribution is 2.31. The Balaban J connectivity index is 1.20. The third kappa shape index (κ3) is 4.71. The predicted octanol–water partition coefficient (Wildman–Crippen LogP) is 4.53. The number of nitrogens with one attached hydrogen (secondary N) is 1. The van der Waals surface area contributed by atoms with E-state index < -0.39 is 0 Å². The van der Waals surface area contributed by atoms with Crippen molar-refractivity contribution in [2.45, 2.75) is 45.7 Å². The number of piperazine rings is 1. The van der Waals surface area contributed by atoms with Gasteiger partial charge in [-0.2, -0.15) is 0 Å². The van der Waals surface area contributed by atoms with Gasteiger partial charge >= 0.3 is 0 Å². The summed E-state index contributed by atoms with van der Waals surface area (Å²) in [6.07, 6.45) is 5.47. The first-order chi connectivity index (χ1) is 16.1. The normalized spacial score (nSPS) is 18.4. The fourth-order valence-electron chi connectivity index (χ4n) is 5.55. The summed E-state index contributed by atoms with van der Waals surface area (Å²) >= 11 is 0. The maximum absolute atomic E-state index is 13.0. The third-order valence-corrected chi connectivity index (χ3v) is 7.56. The molecule has 2 aliphatic rings. The topological polar surface area (TPSA) is 42.6 Å². The number of aromatic nitrogens is 1. The molecule has 2 aliphatic heterocycles. The SMILES string of the molecule is CCCC(C)N1CCN(C(=O)CN2CCc3cc(-c4cccc5[nH]ccc45)ccc3C2)CC1. The van der Waals surface area contributed by atoms with Gasteiger partial charge in [-0.25, -0.2) is 0 Å². The molecule has 0 spiro atoms. The molecule has 3 heterocycles. The zero-order valence-electron chi connectivity index (χ0n) is 20.0. The van der Waals surface area contributed by atoms with Gasteiger partial charge in [0.15, 0.2) is 0 Å². The maximum atomic E-state index is 13.0. The molecule has 0 bridgehead atoms. The van der Waals surface area contributed by atoms with Gasteiger partial charge in [-0.1, -0.05) is 43.7 Å². The Hall–Kier alpha value is -2.63. The molecule has 2 aromatic carbocycles. The van der Waals surface area contributed by atoms with Crippen molar-refractivity contribution in [3.05, 3.63) is 59.8 Å². The fraction of sp³-hybridized carbons (Fsp3) is 0.464. The first kappa shape index (κ1) is 22.2. The van der Waals surface area contributed by atoms with E-state index in [2.05, 4.69) is 76.0 Å². The molecule has 1 aromatic heterocycles. The van der Waals surface area contributed by atoms with Gasteiger partial charge in [0, 0.05) is 62.4 Å². The summed E-state index contributed by atoms with van der Waals surface area (Å²) in [6, 6.07) is 16.1. The van der Waals surface area contributed by atoms with E-state index in [0.29, 0.717) is 12.6 Å². The van der Waals surface area contributed by atoms with Gasteiger partial charge in [-0.05, 0) is 54.2 Å². The Morgan fingerprint density at radius 3 is 2.70 bits per heavy atom. The lowest BCUT2D eigenvalue weighted by molar-refractivity contribution is -0.134. The van der Waals surface area contributed by atoms with Gasteiger partial charge in [-0.15, -0.1) is 0 Å². The number of amides is 1. The minimum atomic E-state index is 0.289. The number of hydrogen-bond acceptors (Lipinski definition) is 3. The van der Waals surface area contributed by atoms with E-state index in [1.54, 1.807) is 0 Å². The summed E-state index contributed by atoms with van der Waals surface area (Å²) in [5, 5.41) is 1.27. The number of H-pyrrole nitrogens is 1. The highest BCUT2D eigenvalue weighted by atomic mass is 16.2. The van der Waals surface area contributed by atoms with E-state index in [1.807, 2.05) is 6.20 Å². The highest BCUT2D eigenvalue weighted by Gasteiger charge is 2.26. The van der Waals surface area contributed by atoms with Crippen molar-refractivity contribution < 1.29 is 4.79 Å². The minimum absolute atomic E-state index is 0.289. The molecule has 1 amide bonds. The van der Waals surface area contributed by atoms with E-state index in [-0.39, 0.29) is 5.91 Å². The van der Waals surface area contributed by atoms with Gasteiger partial charge in [0.1, 0.15) is 0 Å². The second kappa shape index (κ2) is 9.70. The summed E-state index contributed by atoms with van der Waals surface area (Å²) < 4.78 is 0. The van der Waals surface area contributed by atoms with Crippen LogP contribution in [0.3, 0.4) is 0 Å². The maximum Gasteiger partial charge on any atom is 0.236 e. The molecule has 0 saturated carbocycles. The second-order valence-electron chi connectivity index (χ2n) is 9.74. The van der Waals surface area contributed by atoms with Crippen molar-refractivity contribution in [1.82, 2.24) is 19.7 Å². The lowest BCUT2D eigenvalue weighted by Crippen LogP contribution is -2.53. The van der Waals surface area contributed by atoms with Gasteiger partial charge < -0.3 is 9.88 Å². The molecule has 1 N–H and O–H groups in total. The first-order valence-electron chi connectivity index (χ1n) is 12.5.